The first-order valence-electron chi connectivity index (χ1n) is 8.06. The van der Waals surface area contributed by atoms with E-state index in [4.69, 9.17) is 0 Å². The number of hydrogen-bond acceptors (Lipinski definition) is 1. The minimum absolute atomic E-state index is 0.794. The Morgan fingerprint density at radius 3 is 2.00 bits per heavy atom. The van der Waals surface area contributed by atoms with Crippen LogP contribution >= 0.6 is 0 Å². The van der Waals surface area contributed by atoms with Crippen molar-refractivity contribution in [1.29, 1.82) is 0 Å². The first-order valence-corrected chi connectivity index (χ1v) is 8.06. The van der Waals surface area contributed by atoms with Crippen LogP contribution in [0.2, 0.25) is 0 Å². The SMILES string of the molecule is CCCNC(C(CC)CC)C1CCCCCC1. The van der Waals surface area contributed by atoms with Crippen LogP contribution in [0.1, 0.15) is 78.6 Å². The Hall–Kier alpha value is -0.0400. The molecule has 1 rings (SSSR count). The van der Waals surface area contributed by atoms with Gasteiger partial charge >= 0.3 is 0 Å². The van der Waals surface area contributed by atoms with Crippen LogP contribution in [0.3, 0.4) is 0 Å². The fraction of sp³-hybridized carbons (Fsp3) is 1.00. The fourth-order valence-electron chi connectivity index (χ4n) is 3.50. The highest BCUT2D eigenvalue weighted by Crippen LogP contribution is 2.30. The molecule has 1 fully saturated rings. The largest absolute Gasteiger partial charge is 0.313 e. The molecule has 0 aromatic heterocycles. The predicted octanol–water partition coefficient (Wildman–Crippen LogP) is 4.76. The van der Waals surface area contributed by atoms with Crippen LogP contribution in [0.5, 0.6) is 0 Å². The van der Waals surface area contributed by atoms with Gasteiger partial charge < -0.3 is 5.32 Å². The van der Waals surface area contributed by atoms with Gasteiger partial charge in [0.05, 0.1) is 0 Å². The lowest BCUT2D eigenvalue weighted by atomic mass is 9.81. The summed E-state index contributed by atoms with van der Waals surface area (Å²) in [5.41, 5.74) is 0. The second kappa shape index (κ2) is 8.97. The molecule has 0 spiro atoms. The van der Waals surface area contributed by atoms with Crippen LogP contribution in [0.15, 0.2) is 0 Å². The average Bonchev–Trinajstić information content (AvgIpc) is 2.63. The summed E-state index contributed by atoms with van der Waals surface area (Å²) in [4.78, 5) is 0. The lowest BCUT2D eigenvalue weighted by Crippen LogP contribution is -2.42. The quantitative estimate of drug-likeness (QED) is 0.632. The highest BCUT2D eigenvalue weighted by atomic mass is 14.9. The van der Waals surface area contributed by atoms with E-state index in [-0.39, 0.29) is 0 Å². The van der Waals surface area contributed by atoms with E-state index in [1.54, 1.807) is 0 Å². The van der Waals surface area contributed by atoms with Crippen LogP contribution in [0.25, 0.3) is 0 Å². The summed E-state index contributed by atoms with van der Waals surface area (Å²) in [5, 5.41) is 3.87. The standard InChI is InChI=1S/C16H33N/c1-4-13-17-16(14(5-2)6-3)15-11-9-7-8-10-12-15/h14-17H,4-13H2,1-3H3. The molecule has 1 heteroatoms. The van der Waals surface area contributed by atoms with Crippen LogP contribution in [0, 0.1) is 11.8 Å². The molecule has 1 saturated carbocycles. The summed E-state index contributed by atoms with van der Waals surface area (Å²) in [5.74, 6) is 1.85. The molecule has 102 valence electrons. The zero-order valence-corrected chi connectivity index (χ0v) is 12.3. The maximum Gasteiger partial charge on any atom is 0.0123 e. The smallest absolute Gasteiger partial charge is 0.0123 e. The molecule has 0 bridgehead atoms. The zero-order valence-electron chi connectivity index (χ0n) is 12.3. The molecule has 0 aliphatic heterocycles. The molecule has 0 amide bonds. The van der Waals surface area contributed by atoms with Crippen LogP contribution < -0.4 is 5.32 Å². The number of rotatable bonds is 7. The lowest BCUT2D eigenvalue weighted by Gasteiger charge is -2.33. The Balaban J connectivity index is 2.58. The number of nitrogens with one attached hydrogen (secondary N) is 1. The summed E-state index contributed by atoms with van der Waals surface area (Å²) >= 11 is 0. The van der Waals surface area contributed by atoms with Gasteiger partial charge in [-0.05, 0) is 37.6 Å². The van der Waals surface area contributed by atoms with Crippen LogP contribution in [0.4, 0.5) is 0 Å². The van der Waals surface area contributed by atoms with Crippen molar-refractivity contribution in [1.82, 2.24) is 5.32 Å². The van der Waals surface area contributed by atoms with Crippen LogP contribution in [-0.2, 0) is 0 Å². The Bertz CT molecular complexity index is 166. The summed E-state index contributed by atoms with van der Waals surface area (Å²) in [6.45, 7) is 8.22. The highest BCUT2D eigenvalue weighted by Gasteiger charge is 2.27. The Morgan fingerprint density at radius 2 is 1.53 bits per heavy atom. The van der Waals surface area contributed by atoms with E-state index in [0.717, 1.165) is 17.9 Å². The van der Waals surface area contributed by atoms with Gasteiger partial charge in [0.25, 0.3) is 0 Å². The maximum absolute atomic E-state index is 3.87. The van der Waals surface area contributed by atoms with Gasteiger partial charge in [0.2, 0.25) is 0 Å². The minimum atomic E-state index is 0.794. The van der Waals surface area contributed by atoms with Gasteiger partial charge in [-0.1, -0.05) is 59.3 Å². The summed E-state index contributed by atoms with van der Waals surface area (Å²) in [6, 6.07) is 0.794. The molecule has 0 aromatic rings. The molecule has 0 radical (unpaired) electrons. The topological polar surface area (TPSA) is 12.0 Å². The average molecular weight is 239 g/mol. The molecule has 1 N–H and O–H groups in total. The third-order valence-corrected chi connectivity index (χ3v) is 4.59. The third-order valence-electron chi connectivity index (χ3n) is 4.59. The fourth-order valence-corrected chi connectivity index (χ4v) is 3.50. The van der Waals surface area contributed by atoms with Gasteiger partial charge in [0, 0.05) is 6.04 Å². The van der Waals surface area contributed by atoms with Crippen molar-refractivity contribution in [2.45, 2.75) is 84.6 Å². The summed E-state index contributed by atoms with van der Waals surface area (Å²) < 4.78 is 0. The Kier molecular flexibility index (Phi) is 7.92. The van der Waals surface area contributed by atoms with Crippen molar-refractivity contribution in [3.05, 3.63) is 0 Å². The van der Waals surface area contributed by atoms with Crippen molar-refractivity contribution in [2.75, 3.05) is 6.54 Å². The highest BCUT2D eigenvalue weighted by molar-refractivity contribution is 4.83. The lowest BCUT2D eigenvalue weighted by molar-refractivity contribution is 0.225. The van der Waals surface area contributed by atoms with Crippen molar-refractivity contribution in [2.24, 2.45) is 11.8 Å². The Labute approximate surface area is 109 Å². The van der Waals surface area contributed by atoms with E-state index < -0.39 is 0 Å². The third kappa shape index (κ3) is 4.99. The molecular weight excluding hydrogens is 206 g/mol. The molecule has 0 aromatic carbocycles. The Morgan fingerprint density at radius 1 is 0.941 bits per heavy atom. The van der Waals surface area contributed by atoms with E-state index >= 15 is 0 Å². The predicted molar refractivity (Wildman–Crippen MR) is 77.3 cm³/mol. The van der Waals surface area contributed by atoms with E-state index in [2.05, 4.69) is 26.1 Å². The molecule has 1 aliphatic rings. The second-order valence-corrected chi connectivity index (χ2v) is 5.81. The van der Waals surface area contributed by atoms with Crippen molar-refractivity contribution >= 4 is 0 Å². The van der Waals surface area contributed by atoms with Crippen molar-refractivity contribution in [3.63, 3.8) is 0 Å². The van der Waals surface area contributed by atoms with Gasteiger partial charge in [0.1, 0.15) is 0 Å². The maximum atomic E-state index is 3.87. The van der Waals surface area contributed by atoms with Crippen LogP contribution in [-0.4, -0.2) is 12.6 Å². The molecule has 1 unspecified atom stereocenters. The summed E-state index contributed by atoms with van der Waals surface area (Å²) in [7, 11) is 0. The first kappa shape index (κ1) is 15.0. The van der Waals surface area contributed by atoms with Gasteiger partial charge in [0.15, 0.2) is 0 Å². The van der Waals surface area contributed by atoms with Crippen molar-refractivity contribution in [3.8, 4) is 0 Å². The second-order valence-electron chi connectivity index (χ2n) is 5.81. The van der Waals surface area contributed by atoms with Gasteiger partial charge in [-0.25, -0.2) is 0 Å². The molecule has 0 saturated heterocycles. The normalized spacial score (nSPS) is 20.5. The van der Waals surface area contributed by atoms with Gasteiger partial charge in [-0.3, -0.25) is 0 Å². The molecule has 1 aliphatic carbocycles. The van der Waals surface area contributed by atoms with E-state index in [0.29, 0.717) is 0 Å². The first-order chi connectivity index (χ1) is 8.33. The summed E-state index contributed by atoms with van der Waals surface area (Å²) in [6.07, 6.45) is 12.8. The van der Waals surface area contributed by atoms with E-state index in [1.165, 1.54) is 64.3 Å². The number of hydrogen-bond donors (Lipinski definition) is 1. The van der Waals surface area contributed by atoms with Gasteiger partial charge in [-0.15, -0.1) is 0 Å². The monoisotopic (exact) mass is 239 g/mol. The molecule has 17 heavy (non-hydrogen) atoms. The van der Waals surface area contributed by atoms with E-state index in [1.807, 2.05) is 0 Å². The van der Waals surface area contributed by atoms with E-state index in [9.17, 15) is 0 Å². The molecule has 1 atom stereocenters. The molecular formula is C16H33N. The zero-order chi connectivity index (χ0) is 12.5. The minimum Gasteiger partial charge on any atom is -0.313 e. The van der Waals surface area contributed by atoms with Gasteiger partial charge in [-0.2, -0.15) is 0 Å². The molecule has 0 heterocycles. The van der Waals surface area contributed by atoms with Crippen molar-refractivity contribution < 1.29 is 0 Å². The molecule has 1 nitrogen and oxygen atoms in total.